The molecule has 1 amide bonds. The van der Waals surface area contributed by atoms with E-state index in [2.05, 4.69) is 5.32 Å². The summed E-state index contributed by atoms with van der Waals surface area (Å²) in [6, 6.07) is 5.79. The Kier molecular flexibility index (Phi) is 3.29. The molecule has 2 aliphatic rings. The molecule has 19 heavy (non-hydrogen) atoms. The minimum Gasteiger partial charge on any atom is -0.454 e. The Labute approximate surface area is 112 Å². The van der Waals surface area contributed by atoms with Crippen molar-refractivity contribution in [1.82, 2.24) is 10.2 Å². The Morgan fingerprint density at radius 1 is 1.42 bits per heavy atom. The van der Waals surface area contributed by atoms with E-state index in [4.69, 9.17) is 9.47 Å². The average molecular weight is 262 g/mol. The van der Waals surface area contributed by atoms with Crippen molar-refractivity contribution in [3.8, 4) is 11.5 Å². The number of nitrogens with one attached hydrogen (secondary N) is 1. The first-order chi connectivity index (χ1) is 9.24. The van der Waals surface area contributed by atoms with Gasteiger partial charge in [0.15, 0.2) is 11.5 Å². The van der Waals surface area contributed by atoms with E-state index in [-0.39, 0.29) is 18.7 Å². The van der Waals surface area contributed by atoms with Gasteiger partial charge in [0.2, 0.25) is 12.7 Å². The van der Waals surface area contributed by atoms with Crippen LogP contribution in [0, 0.1) is 0 Å². The van der Waals surface area contributed by atoms with E-state index in [0.29, 0.717) is 6.54 Å². The molecule has 0 radical (unpaired) electrons. The van der Waals surface area contributed by atoms with Crippen molar-refractivity contribution in [2.75, 3.05) is 20.4 Å². The van der Waals surface area contributed by atoms with Gasteiger partial charge >= 0.3 is 0 Å². The zero-order valence-electron chi connectivity index (χ0n) is 11.0. The van der Waals surface area contributed by atoms with Crippen LogP contribution in [0.3, 0.4) is 0 Å². The summed E-state index contributed by atoms with van der Waals surface area (Å²) in [6.07, 6.45) is 2.01. The zero-order chi connectivity index (χ0) is 13.2. The van der Waals surface area contributed by atoms with Crippen LogP contribution in [0.2, 0.25) is 0 Å². The largest absolute Gasteiger partial charge is 0.454 e. The highest BCUT2D eigenvalue weighted by molar-refractivity contribution is 5.81. The van der Waals surface area contributed by atoms with Crippen LogP contribution in [0.4, 0.5) is 0 Å². The monoisotopic (exact) mass is 262 g/mol. The maximum absolute atomic E-state index is 12.2. The molecule has 1 saturated heterocycles. The fourth-order valence-electron chi connectivity index (χ4n) is 2.55. The number of carbonyl (C=O) groups excluding carboxylic acids is 1. The Bertz CT molecular complexity index is 484. The fraction of sp³-hybridized carbons (Fsp3) is 0.500. The van der Waals surface area contributed by atoms with E-state index >= 15 is 0 Å². The van der Waals surface area contributed by atoms with Gasteiger partial charge in [-0.2, -0.15) is 0 Å². The lowest BCUT2D eigenvalue weighted by Gasteiger charge is -2.21. The van der Waals surface area contributed by atoms with Crippen LogP contribution < -0.4 is 14.8 Å². The van der Waals surface area contributed by atoms with Gasteiger partial charge in [-0.05, 0) is 37.1 Å². The molecule has 0 bridgehead atoms. The quantitative estimate of drug-likeness (QED) is 0.887. The van der Waals surface area contributed by atoms with Crippen molar-refractivity contribution >= 4 is 5.91 Å². The van der Waals surface area contributed by atoms with Gasteiger partial charge in [0, 0.05) is 13.6 Å². The lowest BCUT2D eigenvalue weighted by atomic mass is 10.1. The maximum atomic E-state index is 12.2. The number of benzene rings is 1. The summed E-state index contributed by atoms with van der Waals surface area (Å²) < 4.78 is 10.6. The van der Waals surface area contributed by atoms with Gasteiger partial charge in [-0.25, -0.2) is 0 Å². The first kappa shape index (κ1) is 12.3. The molecule has 5 nitrogen and oxygen atoms in total. The summed E-state index contributed by atoms with van der Waals surface area (Å²) in [5.41, 5.74) is 1.05. The summed E-state index contributed by atoms with van der Waals surface area (Å²) in [5, 5.41) is 3.23. The van der Waals surface area contributed by atoms with Crippen molar-refractivity contribution in [1.29, 1.82) is 0 Å². The van der Waals surface area contributed by atoms with Gasteiger partial charge in [0.1, 0.15) is 0 Å². The normalized spacial score (nSPS) is 20.6. The SMILES string of the molecule is CN(Cc1ccc2c(c1)OCO2)C(=O)[C@@H]1CCCN1. The smallest absolute Gasteiger partial charge is 0.239 e. The number of nitrogens with zero attached hydrogens (tertiary/aromatic N) is 1. The number of likely N-dealkylation sites (N-methyl/N-ethyl adjacent to an activating group) is 1. The molecule has 2 heterocycles. The molecule has 0 unspecified atom stereocenters. The molecule has 3 rings (SSSR count). The summed E-state index contributed by atoms with van der Waals surface area (Å²) in [4.78, 5) is 14.0. The van der Waals surface area contributed by atoms with Gasteiger partial charge in [0.25, 0.3) is 0 Å². The molecule has 0 saturated carbocycles. The Morgan fingerprint density at radius 3 is 3.05 bits per heavy atom. The second-order valence-corrected chi connectivity index (χ2v) is 5.03. The molecule has 0 spiro atoms. The lowest BCUT2D eigenvalue weighted by Crippen LogP contribution is -2.41. The van der Waals surface area contributed by atoms with Crippen LogP contribution in [-0.4, -0.2) is 37.2 Å². The number of rotatable bonds is 3. The van der Waals surface area contributed by atoms with Gasteiger partial charge in [-0.3, -0.25) is 4.79 Å². The number of ether oxygens (including phenoxy) is 2. The van der Waals surface area contributed by atoms with Gasteiger partial charge in [-0.1, -0.05) is 6.07 Å². The van der Waals surface area contributed by atoms with Crippen molar-refractivity contribution in [3.05, 3.63) is 23.8 Å². The van der Waals surface area contributed by atoms with Crippen LogP contribution in [-0.2, 0) is 11.3 Å². The molecule has 1 aromatic rings. The third-order valence-corrected chi connectivity index (χ3v) is 3.59. The molecule has 1 N–H and O–H groups in total. The summed E-state index contributed by atoms with van der Waals surface area (Å²) in [6.45, 7) is 1.81. The minimum absolute atomic E-state index is 0.0148. The van der Waals surface area contributed by atoms with Crippen molar-refractivity contribution in [2.45, 2.75) is 25.4 Å². The predicted molar refractivity (Wildman–Crippen MR) is 70.1 cm³/mol. The van der Waals surface area contributed by atoms with Crippen molar-refractivity contribution in [2.24, 2.45) is 0 Å². The summed E-state index contributed by atoms with van der Waals surface area (Å²) in [5.74, 6) is 1.70. The van der Waals surface area contributed by atoms with Gasteiger partial charge in [-0.15, -0.1) is 0 Å². The second-order valence-electron chi connectivity index (χ2n) is 5.03. The van der Waals surface area contributed by atoms with Gasteiger partial charge in [0.05, 0.1) is 6.04 Å². The number of hydrogen-bond acceptors (Lipinski definition) is 4. The van der Waals surface area contributed by atoms with Crippen molar-refractivity contribution in [3.63, 3.8) is 0 Å². The second kappa shape index (κ2) is 5.09. The maximum Gasteiger partial charge on any atom is 0.239 e. The molecular formula is C14H18N2O3. The van der Waals surface area contributed by atoms with Crippen LogP contribution in [0.15, 0.2) is 18.2 Å². The van der Waals surface area contributed by atoms with E-state index in [1.165, 1.54) is 0 Å². The Balaban J connectivity index is 1.65. The molecular weight excluding hydrogens is 244 g/mol. The van der Waals surface area contributed by atoms with Crippen molar-refractivity contribution < 1.29 is 14.3 Å². The van der Waals surface area contributed by atoms with E-state index in [1.807, 2.05) is 25.2 Å². The number of hydrogen-bond donors (Lipinski definition) is 1. The molecule has 0 aliphatic carbocycles. The highest BCUT2D eigenvalue weighted by atomic mass is 16.7. The molecule has 0 aromatic heterocycles. The third kappa shape index (κ3) is 2.51. The molecule has 1 atom stereocenters. The van der Waals surface area contributed by atoms with E-state index in [9.17, 15) is 4.79 Å². The highest BCUT2D eigenvalue weighted by Gasteiger charge is 2.25. The van der Waals surface area contributed by atoms with E-state index in [0.717, 1.165) is 36.4 Å². The number of carbonyl (C=O) groups is 1. The topological polar surface area (TPSA) is 50.8 Å². The zero-order valence-corrected chi connectivity index (χ0v) is 11.0. The van der Waals surface area contributed by atoms with Crippen LogP contribution >= 0.6 is 0 Å². The number of amides is 1. The predicted octanol–water partition coefficient (Wildman–Crippen LogP) is 1.13. The highest BCUT2D eigenvalue weighted by Crippen LogP contribution is 2.32. The first-order valence-electron chi connectivity index (χ1n) is 6.61. The molecule has 102 valence electrons. The fourth-order valence-corrected chi connectivity index (χ4v) is 2.55. The van der Waals surface area contributed by atoms with Gasteiger partial charge < -0.3 is 19.7 Å². The third-order valence-electron chi connectivity index (χ3n) is 3.59. The minimum atomic E-state index is -0.0148. The average Bonchev–Trinajstić information content (AvgIpc) is 3.08. The Morgan fingerprint density at radius 2 is 2.26 bits per heavy atom. The summed E-state index contributed by atoms with van der Waals surface area (Å²) >= 11 is 0. The standard InChI is InChI=1S/C14H18N2O3/c1-16(14(17)11-3-2-6-15-11)8-10-4-5-12-13(7-10)19-9-18-12/h4-5,7,11,15H,2-3,6,8-9H2,1H3/t11-/m0/s1. The van der Waals surface area contributed by atoms with E-state index < -0.39 is 0 Å². The Hall–Kier alpha value is -1.75. The summed E-state index contributed by atoms with van der Waals surface area (Å²) in [7, 11) is 1.84. The molecule has 1 fully saturated rings. The number of fused-ring (bicyclic) bond motifs is 1. The van der Waals surface area contributed by atoms with E-state index in [1.54, 1.807) is 4.90 Å². The first-order valence-corrected chi connectivity index (χ1v) is 6.61. The van der Waals surface area contributed by atoms with Crippen LogP contribution in [0.5, 0.6) is 11.5 Å². The molecule has 1 aromatic carbocycles. The molecule has 2 aliphatic heterocycles. The lowest BCUT2D eigenvalue weighted by molar-refractivity contribution is -0.132. The van der Waals surface area contributed by atoms with Crippen LogP contribution in [0.25, 0.3) is 0 Å². The van der Waals surface area contributed by atoms with Crippen LogP contribution in [0.1, 0.15) is 18.4 Å². The molecule has 5 heteroatoms.